The van der Waals surface area contributed by atoms with E-state index in [2.05, 4.69) is 31.4 Å². The number of hydrogen-bond acceptors (Lipinski definition) is 3. The Hall–Kier alpha value is -1.85. The van der Waals surface area contributed by atoms with Crippen LogP contribution >= 0.6 is 11.3 Å². The predicted octanol–water partition coefficient (Wildman–Crippen LogP) is 3.83. The van der Waals surface area contributed by atoms with Crippen LogP contribution in [0.15, 0.2) is 41.8 Å². The minimum Gasteiger partial charge on any atom is -0.392 e. The summed E-state index contributed by atoms with van der Waals surface area (Å²) in [4.78, 5) is 13.4. The summed E-state index contributed by atoms with van der Waals surface area (Å²) in [6.45, 7) is 6.69. The Morgan fingerprint density at radius 3 is 2.43 bits per heavy atom. The molecule has 23 heavy (non-hydrogen) atoms. The van der Waals surface area contributed by atoms with Crippen molar-refractivity contribution in [3.8, 4) is 0 Å². The SMILES string of the molecule is CC(C)(C)C(NC(=O)NCc1ccccc1CO)c1cccs1. The topological polar surface area (TPSA) is 61.4 Å². The predicted molar refractivity (Wildman–Crippen MR) is 94.3 cm³/mol. The fourth-order valence-corrected chi connectivity index (χ4v) is 3.43. The molecular weight excluding hydrogens is 308 g/mol. The number of amides is 2. The summed E-state index contributed by atoms with van der Waals surface area (Å²) in [5, 5.41) is 17.3. The van der Waals surface area contributed by atoms with Crippen molar-refractivity contribution in [2.45, 2.75) is 40.0 Å². The third-order valence-electron chi connectivity index (χ3n) is 3.70. The molecule has 2 aromatic rings. The maximum absolute atomic E-state index is 12.3. The fourth-order valence-electron chi connectivity index (χ4n) is 2.41. The van der Waals surface area contributed by atoms with E-state index >= 15 is 0 Å². The number of urea groups is 1. The van der Waals surface area contributed by atoms with Gasteiger partial charge in [-0.25, -0.2) is 4.79 Å². The molecule has 1 heterocycles. The molecule has 2 amide bonds. The Bertz CT molecular complexity index is 633. The summed E-state index contributed by atoms with van der Waals surface area (Å²) < 4.78 is 0. The first kappa shape index (κ1) is 17.5. The zero-order valence-corrected chi connectivity index (χ0v) is 14.6. The standard InChI is InChI=1S/C18H24N2O2S/c1-18(2,3)16(15-9-6-10-23-15)20-17(22)19-11-13-7-4-5-8-14(13)12-21/h4-10,16,21H,11-12H2,1-3H3,(H2,19,20,22). The Labute approximate surface area is 141 Å². The number of benzene rings is 1. The molecule has 0 radical (unpaired) electrons. The van der Waals surface area contributed by atoms with Gasteiger partial charge in [0, 0.05) is 11.4 Å². The van der Waals surface area contributed by atoms with Crippen LogP contribution in [0.5, 0.6) is 0 Å². The first-order chi connectivity index (χ1) is 10.9. The molecule has 4 nitrogen and oxygen atoms in total. The lowest BCUT2D eigenvalue weighted by atomic mass is 9.86. The van der Waals surface area contributed by atoms with Gasteiger partial charge in [-0.15, -0.1) is 11.3 Å². The molecule has 2 rings (SSSR count). The summed E-state index contributed by atoms with van der Waals surface area (Å²) in [5.41, 5.74) is 1.68. The van der Waals surface area contributed by atoms with Crippen LogP contribution in [0, 0.1) is 5.41 Å². The lowest BCUT2D eigenvalue weighted by molar-refractivity contribution is 0.219. The lowest BCUT2D eigenvalue weighted by Gasteiger charge is -2.30. The van der Waals surface area contributed by atoms with Crippen LogP contribution in [0.2, 0.25) is 0 Å². The number of aliphatic hydroxyl groups is 1. The molecule has 0 spiro atoms. The summed E-state index contributed by atoms with van der Waals surface area (Å²) in [6.07, 6.45) is 0. The number of thiophene rings is 1. The zero-order valence-electron chi connectivity index (χ0n) is 13.8. The summed E-state index contributed by atoms with van der Waals surface area (Å²) in [7, 11) is 0. The van der Waals surface area contributed by atoms with Crippen molar-refractivity contribution >= 4 is 17.4 Å². The minimum atomic E-state index is -0.203. The Kier molecular flexibility index (Phi) is 5.80. The first-order valence-corrected chi connectivity index (χ1v) is 8.55. The van der Waals surface area contributed by atoms with Gasteiger partial charge >= 0.3 is 6.03 Å². The number of hydrogen-bond donors (Lipinski definition) is 3. The second-order valence-electron chi connectivity index (χ2n) is 6.57. The van der Waals surface area contributed by atoms with Crippen LogP contribution in [0.1, 0.15) is 42.8 Å². The molecule has 0 aliphatic carbocycles. The molecule has 0 aliphatic heterocycles. The number of carbonyl (C=O) groups excluding carboxylic acids is 1. The highest BCUT2D eigenvalue weighted by Gasteiger charge is 2.28. The molecule has 124 valence electrons. The molecule has 1 unspecified atom stereocenters. The van der Waals surface area contributed by atoms with Crippen LogP contribution in [-0.2, 0) is 13.2 Å². The highest BCUT2D eigenvalue weighted by Crippen LogP contribution is 2.34. The van der Waals surface area contributed by atoms with Gasteiger partial charge in [0.05, 0.1) is 12.6 Å². The Morgan fingerprint density at radius 2 is 1.87 bits per heavy atom. The molecule has 1 aromatic heterocycles. The van der Waals surface area contributed by atoms with E-state index in [-0.39, 0.29) is 24.1 Å². The van der Waals surface area contributed by atoms with Crippen LogP contribution in [-0.4, -0.2) is 11.1 Å². The largest absolute Gasteiger partial charge is 0.392 e. The van der Waals surface area contributed by atoms with Gasteiger partial charge < -0.3 is 15.7 Å². The lowest BCUT2D eigenvalue weighted by Crippen LogP contribution is -2.42. The van der Waals surface area contributed by atoms with Gasteiger partial charge in [-0.05, 0) is 28.0 Å². The monoisotopic (exact) mass is 332 g/mol. The molecular formula is C18H24N2O2S. The van der Waals surface area contributed by atoms with Crippen molar-refractivity contribution in [2.75, 3.05) is 0 Å². The smallest absolute Gasteiger partial charge is 0.315 e. The third-order valence-corrected chi connectivity index (χ3v) is 4.63. The van der Waals surface area contributed by atoms with E-state index < -0.39 is 0 Å². The molecule has 0 fully saturated rings. The molecule has 0 saturated carbocycles. The zero-order chi connectivity index (χ0) is 16.9. The quantitative estimate of drug-likeness (QED) is 0.779. The summed E-state index contributed by atoms with van der Waals surface area (Å²) in [6, 6.07) is 11.3. The maximum Gasteiger partial charge on any atom is 0.315 e. The van der Waals surface area contributed by atoms with Crippen molar-refractivity contribution in [1.29, 1.82) is 0 Å². The number of nitrogens with one attached hydrogen (secondary N) is 2. The van der Waals surface area contributed by atoms with E-state index in [1.54, 1.807) is 11.3 Å². The van der Waals surface area contributed by atoms with E-state index in [1.807, 2.05) is 41.8 Å². The van der Waals surface area contributed by atoms with E-state index in [4.69, 9.17) is 0 Å². The second-order valence-corrected chi connectivity index (χ2v) is 7.55. The molecule has 1 aromatic carbocycles. The molecule has 0 saturated heterocycles. The maximum atomic E-state index is 12.3. The normalized spacial score (nSPS) is 12.7. The average molecular weight is 332 g/mol. The highest BCUT2D eigenvalue weighted by molar-refractivity contribution is 7.10. The van der Waals surface area contributed by atoms with Crippen LogP contribution < -0.4 is 10.6 Å². The summed E-state index contributed by atoms with van der Waals surface area (Å²) >= 11 is 1.64. The van der Waals surface area contributed by atoms with E-state index in [9.17, 15) is 9.90 Å². The Morgan fingerprint density at radius 1 is 1.17 bits per heavy atom. The van der Waals surface area contributed by atoms with Gasteiger partial charge in [0.25, 0.3) is 0 Å². The van der Waals surface area contributed by atoms with E-state index in [1.165, 1.54) is 0 Å². The van der Waals surface area contributed by atoms with E-state index in [0.717, 1.165) is 16.0 Å². The molecule has 3 N–H and O–H groups in total. The minimum absolute atomic E-state index is 0.0285. The number of carbonyl (C=O) groups is 1. The third kappa shape index (κ3) is 4.81. The van der Waals surface area contributed by atoms with Gasteiger partial charge in [-0.1, -0.05) is 51.1 Å². The average Bonchev–Trinajstić information content (AvgIpc) is 3.03. The molecule has 0 bridgehead atoms. The molecule has 5 heteroatoms. The highest BCUT2D eigenvalue weighted by atomic mass is 32.1. The van der Waals surface area contributed by atoms with Gasteiger partial charge in [0.15, 0.2) is 0 Å². The molecule has 0 aliphatic rings. The molecule has 1 atom stereocenters. The van der Waals surface area contributed by atoms with Gasteiger partial charge in [0.1, 0.15) is 0 Å². The fraction of sp³-hybridized carbons (Fsp3) is 0.389. The van der Waals surface area contributed by atoms with Crippen molar-refractivity contribution in [3.05, 3.63) is 57.8 Å². The van der Waals surface area contributed by atoms with Crippen molar-refractivity contribution in [2.24, 2.45) is 5.41 Å². The van der Waals surface area contributed by atoms with E-state index in [0.29, 0.717) is 6.54 Å². The van der Waals surface area contributed by atoms with Crippen molar-refractivity contribution < 1.29 is 9.90 Å². The van der Waals surface area contributed by atoms with Gasteiger partial charge in [-0.2, -0.15) is 0 Å². The number of rotatable bonds is 5. The van der Waals surface area contributed by atoms with Crippen LogP contribution in [0.4, 0.5) is 4.79 Å². The van der Waals surface area contributed by atoms with Gasteiger partial charge in [0.2, 0.25) is 0 Å². The van der Waals surface area contributed by atoms with Crippen LogP contribution in [0.3, 0.4) is 0 Å². The van der Waals surface area contributed by atoms with Crippen molar-refractivity contribution in [1.82, 2.24) is 10.6 Å². The Balaban J connectivity index is 2.00. The van der Waals surface area contributed by atoms with Gasteiger partial charge in [-0.3, -0.25) is 0 Å². The van der Waals surface area contributed by atoms with Crippen LogP contribution in [0.25, 0.3) is 0 Å². The second kappa shape index (κ2) is 7.62. The van der Waals surface area contributed by atoms with Crippen molar-refractivity contribution in [3.63, 3.8) is 0 Å². The number of aliphatic hydroxyl groups excluding tert-OH is 1. The first-order valence-electron chi connectivity index (χ1n) is 7.67. The summed E-state index contributed by atoms with van der Waals surface area (Å²) in [5.74, 6) is 0.